The molecule has 0 unspecified atom stereocenters. The summed E-state index contributed by atoms with van der Waals surface area (Å²) in [5.74, 6) is -10.7. The third-order valence-corrected chi connectivity index (χ3v) is 25.1. The second kappa shape index (κ2) is 32.7. The molecular formula is C86H108N2O29. The second-order valence-electron chi connectivity index (χ2n) is 35.1. The molecule has 12 rings (SSSR count). The first-order chi connectivity index (χ1) is 54.0. The Hall–Kier alpha value is -9.38. The van der Waals surface area contributed by atoms with Gasteiger partial charge in [-0.05, 0) is 127 Å². The number of carbonyl (C=O) groups excluding carboxylic acids is 10. The Kier molecular flexibility index (Phi) is 25.2. The van der Waals surface area contributed by atoms with Gasteiger partial charge in [0, 0.05) is 50.4 Å². The summed E-state index contributed by atoms with van der Waals surface area (Å²) in [6.45, 7) is 23.6. The summed E-state index contributed by atoms with van der Waals surface area (Å²) in [6.07, 6.45) is -23.0. The van der Waals surface area contributed by atoms with Crippen LogP contribution in [0.5, 0.6) is 0 Å². The molecule has 8 aliphatic rings. The van der Waals surface area contributed by atoms with Crippen LogP contribution in [0.25, 0.3) is 0 Å². The quantitative estimate of drug-likeness (QED) is 0.0365. The summed E-state index contributed by atoms with van der Waals surface area (Å²) in [5, 5.41) is 103. The number of hydrogen-bond donors (Lipinski definition) is 10. The largest absolute Gasteiger partial charge is 0.456 e. The first-order valence-electron chi connectivity index (χ1n) is 38.7. The minimum absolute atomic E-state index is 0. The number of fused-ring (bicyclic) bond motifs is 10. The SMILES string of the molecule is CC(=O)O[C@@]12CO[C@@H]1C[C@H](O)[C@@]1(C)C(=O)[C@H](O)C3=C(C)[C@@H](OC(=O)[C@H](O)[C@@H](NC(=O)OC(C)(C)C)c4ccccc4)C[C@@](O)([C@@H](OC(=O)c4ccccc4)[C@H]21)C3(C)C.CC(=O)O[C@@]12CO[C@@H]1C[C@H](O)[C@@]1(C)C(=O)[C@H](O)C3=C(C)[C@@H](OC(=O)[C@H](O)[C@@H](NC(=O)OC(C)(C)C)c4ccccc4)C[C@@](O)([C@@H](OC(=O)c4ccccc4)[C@H]21)C3(C)C.O. The van der Waals surface area contributed by atoms with E-state index in [1.807, 2.05) is 0 Å². The van der Waals surface area contributed by atoms with Crippen LogP contribution in [0.15, 0.2) is 144 Å². The minimum Gasteiger partial charge on any atom is -0.456 e. The lowest BCUT2D eigenvalue weighted by Gasteiger charge is -2.67. The Morgan fingerprint density at radius 3 is 1.05 bits per heavy atom. The lowest BCUT2D eigenvalue weighted by Crippen LogP contribution is -2.81. The van der Waals surface area contributed by atoms with Gasteiger partial charge in [0.05, 0.1) is 71.3 Å². The van der Waals surface area contributed by atoms with Crippen molar-refractivity contribution in [3.63, 3.8) is 0 Å². The monoisotopic (exact) mass is 1630 g/mol. The van der Waals surface area contributed by atoms with Gasteiger partial charge in [-0.15, -0.1) is 0 Å². The molecule has 22 atom stereocenters. The highest BCUT2D eigenvalue weighted by Crippen LogP contribution is 2.67. The number of alkyl carbamates (subject to hydrolysis) is 2. The average molecular weight is 1630 g/mol. The van der Waals surface area contributed by atoms with Crippen molar-refractivity contribution >= 4 is 59.6 Å². The molecule has 0 spiro atoms. The van der Waals surface area contributed by atoms with E-state index in [1.54, 1.807) is 166 Å². The molecule has 6 fully saturated rings. The highest BCUT2D eigenvalue weighted by Gasteiger charge is 2.80. The average Bonchev–Trinajstić information content (AvgIpc) is 0.673. The van der Waals surface area contributed by atoms with Crippen molar-refractivity contribution in [1.29, 1.82) is 0 Å². The Balaban J connectivity index is 0.000000245. The molecule has 2 amide bonds. The smallest absolute Gasteiger partial charge is 0.408 e. The molecule has 2 saturated heterocycles. The Labute approximate surface area is 676 Å². The van der Waals surface area contributed by atoms with E-state index in [2.05, 4.69) is 10.6 Å². The van der Waals surface area contributed by atoms with Crippen molar-refractivity contribution in [2.24, 2.45) is 33.5 Å². The van der Waals surface area contributed by atoms with E-state index in [-0.39, 0.29) is 65.0 Å². The first-order valence-corrected chi connectivity index (χ1v) is 38.7. The molecule has 6 aliphatic carbocycles. The Morgan fingerprint density at radius 1 is 0.479 bits per heavy atom. The fourth-order valence-electron chi connectivity index (χ4n) is 19.1. The van der Waals surface area contributed by atoms with Gasteiger partial charge < -0.3 is 104 Å². The van der Waals surface area contributed by atoms with E-state index in [0.29, 0.717) is 11.1 Å². The van der Waals surface area contributed by atoms with Crippen LogP contribution in [0.3, 0.4) is 0 Å². The molecule has 4 saturated carbocycles. The van der Waals surface area contributed by atoms with Crippen LogP contribution in [0, 0.1) is 33.5 Å². The number of nitrogens with one attached hydrogen (secondary N) is 2. The number of Topliss-reactive ketones (excluding diaryl/α,β-unsaturated/α-hetero) is 2. The van der Waals surface area contributed by atoms with Crippen molar-refractivity contribution in [3.05, 3.63) is 166 Å². The predicted molar refractivity (Wildman–Crippen MR) is 411 cm³/mol. The lowest BCUT2D eigenvalue weighted by molar-refractivity contribution is -0.346. The number of esters is 6. The zero-order chi connectivity index (χ0) is 85.5. The molecule has 4 aromatic rings. The lowest BCUT2D eigenvalue weighted by atomic mass is 9.44. The van der Waals surface area contributed by atoms with E-state index in [1.165, 1.54) is 52.0 Å². The fraction of sp³-hybridized carbons (Fsp3) is 0.558. The molecule has 31 heteroatoms. The number of rotatable bonds is 16. The van der Waals surface area contributed by atoms with E-state index in [0.717, 1.165) is 13.8 Å². The van der Waals surface area contributed by atoms with Crippen LogP contribution in [-0.4, -0.2) is 226 Å². The van der Waals surface area contributed by atoms with Crippen molar-refractivity contribution in [3.8, 4) is 0 Å². The maximum Gasteiger partial charge on any atom is 0.408 e. The van der Waals surface area contributed by atoms with Crippen molar-refractivity contribution < 1.29 is 142 Å². The number of ketones is 2. The van der Waals surface area contributed by atoms with Crippen LogP contribution >= 0.6 is 0 Å². The second-order valence-corrected chi connectivity index (χ2v) is 35.1. The number of benzene rings is 4. The predicted octanol–water partition coefficient (Wildman–Crippen LogP) is 5.69. The van der Waals surface area contributed by atoms with Gasteiger partial charge in [-0.2, -0.15) is 0 Å². The first kappa shape index (κ1) is 90.0. The summed E-state index contributed by atoms with van der Waals surface area (Å²) in [5.41, 5.74) is -16.3. The topological polar surface area (TPSA) is 480 Å². The third-order valence-electron chi connectivity index (χ3n) is 25.1. The summed E-state index contributed by atoms with van der Waals surface area (Å²) >= 11 is 0. The van der Waals surface area contributed by atoms with Gasteiger partial charge >= 0.3 is 48.0 Å². The highest BCUT2D eigenvalue weighted by atomic mass is 16.7. The van der Waals surface area contributed by atoms with Crippen molar-refractivity contribution in [2.75, 3.05) is 13.2 Å². The van der Waals surface area contributed by atoms with Crippen LogP contribution in [0.1, 0.15) is 180 Å². The van der Waals surface area contributed by atoms with Gasteiger partial charge in [-0.3, -0.25) is 19.2 Å². The van der Waals surface area contributed by atoms with Gasteiger partial charge in [0.15, 0.2) is 35.0 Å². The van der Waals surface area contributed by atoms with E-state index < -0.39 is 225 Å². The van der Waals surface area contributed by atoms with Gasteiger partial charge in [0.1, 0.15) is 71.2 Å². The van der Waals surface area contributed by atoms with Crippen molar-refractivity contribution in [1.82, 2.24) is 10.6 Å². The summed E-state index contributed by atoms with van der Waals surface area (Å²) in [6, 6.07) is 29.3. The van der Waals surface area contributed by atoms with Gasteiger partial charge in [0.2, 0.25) is 0 Å². The molecule has 31 nitrogen and oxygen atoms in total. The Morgan fingerprint density at radius 2 is 0.778 bits per heavy atom. The molecule has 0 aromatic heterocycles. The number of ether oxygens (including phenoxy) is 10. The van der Waals surface area contributed by atoms with Crippen LogP contribution < -0.4 is 10.6 Å². The normalized spacial score (nSPS) is 33.4. The molecule has 0 radical (unpaired) electrons. The molecule has 12 N–H and O–H groups in total. The number of aliphatic hydroxyl groups is 8. The molecular weight excluding hydrogens is 1520 g/mol. The van der Waals surface area contributed by atoms with Crippen molar-refractivity contribution in [2.45, 2.75) is 255 Å². The molecule has 117 heavy (non-hydrogen) atoms. The fourth-order valence-corrected chi connectivity index (χ4v) is 19.1. The molecule has 2 heterocycles. The van der Waals surface area contributed by atoms with Crippen LogP contribution in [0.4, 0.5) is 9.59 Å². The Bertz CT molecular complexity index is 4240. The maximum atomic E-state index is 14.9. The molecule has 4 bridgehead atoms. The number of carbonyl (C=O) groups is 10. The van der Waals surface area contributed by atoms with E-state index >= 15 is 0 Å². The molecule has 4 aromatic carbocycles. The van der Waals surface area contributed by atoms with E-state index in [4.69, 9.17) is 47.4 Å². The van der Waals surface area contributed by atoms with E-state index in [9.17, 15) is 88.8 Å². The standard InChI is InChI=1S/2C43H53NO14.H2O/c2*1-22-26(55-37(51)32(48)30(24-15-11-9-12-16-24)44-38(52)58-39(3,4)5)20-43(53)35(56-36(50)25-17-13-10-14-18-25)33-41(8,34(49)31(47)29(22)40(43,6)7)27(46)19-28-42(33,21-54-28)57-23(2)45;/h2*9-18,26-28,30-33,35,46-48,53H,19-21H2,1-8H3,(H,44,52);1H2/t2*26-,27-,28+,30-,31+,32+,33-,35-,41+,42-,43+;/m00./s1. The summed E-state index contributed by atoms with van der Waals surface area (Å²) in [4.78, 5) is 138. The number of hydrogen-bond acceptors (Lipinski definition) is 28. The molecule has 2 aliphatic heterocycles. The number of aliphatic hydroxyl groups excluding tert-OH is 6. The number of amides is 2. The van der Waals surface area contributed by atoms with Gasteiger partial charge in [-0.1, -0.05) is 125 Å². The zero-order valence-corrected chi connectivity index (χ0v) is 68.3. The third kappa shape index (κ3) is 15.9. The molecule has 636 valence electrons. The maximum absolute atomic E-state index is 14.9. The van der Waals surface area contributed by atoms with Gasteiger partial charge in [0.25, 0.3) is 0 Å². The summed E-state index contributed by atoms with van der Waals surface area (Å²) in [7, 11) is 0. The minimum atomic E-state index is -2.35. The van der Waals surface area contributed by atoms with Crippen LogP contribution in [0.2, 0.25) is 0 Å². The zero-order valence-electron chi connectivity index (χ0n) is 68.3. The summed E-state index contributed by atoms with van der Waals surface area (Å²) < 4.78 is 59.0. The van der Waals surface area contributed by atoms with Gasteiger partial charge in [-0.25, -0.2) is 28.8 Å². The van der Waals surface area contributed by atoms with Crippen LogP contribution in [-0.2, 0) is 76.1 Å². The highest BCUT2D eigenvalue weighted by molar-refractivity contribution is 5.96.